The molecule has 76 valence electrons. The van der Waals surface area contributed by atoms with Gasteiger partial charge in [0.15, 0.2) is 0 Å². The fourth-order valence-electron chi connectivity index (χ4n) is 1.59. The third-order valence-corrected chi connectivity index (χ3v) is 2.63. The molecule has 1 N–H and O–H groups in total. The Morgan fingerprint density at radius 3 is 2.57 bits per heavy atom. The zero-order valence-electron chi connectivity index (χ0n) is 8.16. The first kappa shape index (κ1) is 9.46. The lowest BCUT2D eigenvalue weighted by Crippen LogP contribution is -2.55. The van der Waals surface area contributed by atoms with Crippen molar-refractivity contribution in [3.05, 3.63) is 29.8 Å². The van der Waals surface area contributed by atoms with E-state index < -0.39 is 6.17 Å². The molecule has 0 bridgehead atoms. The molecule has 14 heavy (non-hydrogen) atoms. The smallest absolute Gasteiger partial charge is 0.128 e. The lowest BCUT2D eigenvalue weighted by atomic mass is 9.96. The van der Waals surface area contributed by atoms with Crippen LogP contribution in [0.5, 0.6) is 5.75 Å². The summed E-state index contributed by atoms with van der Waals surface area (Å²) in [5, 5.41) is 3.07. The second-order valence-corrected chi connectivity index (χ2v) is 3.58. The van der Waals surface area contributed by atoms with Gasteiger partial charge in [0.2, 0.25) is 0 Å². The van der Waals surface area contributed by atoms with E-state index in [-0.39, 0.29) is 6.04 Å². The quantitative estimate of drug-likeness (QED) is 0.790. The molecule has 2 rings (SSSR count). The summed E-state index contributed by atoms with van der Waals surface area (Å²) >= 11 is 0. The SMILES string of the molecule is COc1ccc(C[C@@H]2NC[C@@H]2F)cc1. The first-order valence-electron chi connectivity index (χ1n) is 4.80. The molecule has 1 aromatic rings. The molecular formula is C11H14FNO. The van der Waals surface area contributed by atoms with E-state index in [0.29, 0.717) is 6.54 Å². The highest BCUT2D eigenvalue weighted by Crippen LogP contribution is 2.17. The standard InChI is InChI=1S/C11H14FNO/c1-14-9-4-2-8(3-5-9)6-11-10(12)7-13-11/h2-5,10-11,13H,6-7H2,1H3/t10-,11-/m0/s1. The molecule has 1 fully saturated rings. The van der Waals surface area contributed by atoms with Crippen molar-refractivity contribution in [1.82, 2.24) is 5.32 Å². The van der Waals surface area contributed by atoms with Crippen molar-refractivity contribution in [3.8, 4) is 5.75 Å². The number of halogens is 1. The monoisotopic (exact) mass is 195 g/mol. The van der Waals surface area contributed by atoms with Gasteiger partial charge >= 0.3 is 0 Å². The maximum atomic E-state index is 12.9. The molecule has 0 unspecified atom stereocenters. The maximum Gasteiger partial charge on any atom is 0.128 e. The van der Waals surface area contributed by atoms with Crippen LogP contribution in [0.3, 0.4) is 0 Å². The number of hydrogen-bond donors (Lipinski definition) is 1. The Morgan fingerprint density at radius 1 is 1.43 bits per heavy atom. The van der Waals surface area contributed by atoms with E-state index in [9.17, 15) is 4.39 Å². The van der Waals surface area contributed by atoms with Crippen LogP contribution in [0.2, 0.25) is 0 Å². The van der Waals surface area contributed by atoms with Crippen molar-refractivity contribution < 1.29 is 9.13 Å². The number of benzene rings is 1. The molecule has 1 aliphatic heterocycles. The van der Waals surface area contributed by atoms with Crippen molar-refractivity contribution in [1.29, 1.82) is 0 Å². The van der Waals surface area contributed by atoms with E-state index in [4.69, 9.17) is 4.74 Å². The zero-order valence-corrected chi connectivity index (χ0v) is 8.16. The van der Waals surface area contributed by atoms with Gasteiger partial charge in [0, 0.05) is 12.6 Å². The largest absolute Gasteiger partial charge is 0.497 e. The second-order valence-electron chi connectivity index (χ2n) is 3.58. The van der Waals surface area contributed by atoms with Crippen LogP contribution in [0.4, 0.5) is 4.39 Å². The van der Waals surface area contributed by atoms with Gasteiger partial charge in [-0.1, -0.05) is 12.1 Å². The van der Waals surface area contributed by atoms with E-state index in [0.717, 1.165) is 17.7 Å². The van der Waals surface area contributed by atoms with Gasteiger partial charge in [0.1, 0.15) is 11.9 Å². The Labute approximate surface area is 83.1 Å². The summed E-state index contributed by atoms with van der Waals surface area (Å²) in [7, 11) is 1.64. The van der Waals surface area contributed by atoms with E-state index >= 15 is 0 Å². The summed E-state index contributed by atoms with van der Waals surface area (Å²) in [5.41, 5.74) is 1.14. The Morgan fingerprint density at radius 2 is 2.14 bits per heavy atom. The third kappa shape index (κ3) is 1.87. The highest BCUT2D eigenvalue weighted by atomic mass is 19.1. The average molecular weight is 195 g/mol. The van der Waals surface area contributed by atoms with E-state index in [1.165, 1.54) is 0 Å². The maximum absolute atomic E-state index is 12.9. The highest BCUT2D eigenvalue weighted by Gasteiger charge is 2.29. The molecular weight excluding hydrogens is 181 g/mol. The number of nitrogens with one attached hydrogen (secondary N) is 1. The normalized spacial score (nSPS) is 25.6. The zero-order chi connectivity index (χ0) is 9.97. The van der Waals surface area contributed by atoms with Crippen LogP contribution in [0, 0.1) is 0 Å². The van der Waals surface area contributed by atoms with Crippen LogP contribution in [-0.2, 0) is 6.42 Å². The first-order chi connectivity index (χ1) is 6.79. The summed E-state index contributed by atoms with van der Waals surface area (Å²) in [5.74, 6) is 0.840. The van der Waals surface area contributed by atoms with Crippen molar-refractivity contribution in [2.45, 2.75) is 18.6 Å². The molecule has 0 amide bonds. The molecule has 0 aromatic heterocycles. The fourth-order valence-corrected chi connectivity index (χ4v) is 1.59. The van der Waals surface area contributed by atoms with Gasteiger partial charge in [-0.05, 0) is 24.1 Å². The van der Waals surface area contributed by atoms with Crippen molar-refractivity contribution >= 4 is 0 Å². The van der Waals surface area contributed by atoms with E-state index in [1.54, 1.807) is 7.11 Å². The summed E-state index contributed by atoms with van der Waals surface area (Å²) < 4.78 is 18.0. The van der Waals surface area contributed by atoms with Gasteiger partial charge < -0.3 is 10.1 Å². The van der Waals surface area contributed by atoms with Crippen LogP contribution in [0.1, 0.15) is 5.56 Å². The van der Waals surface area contributed by atoms with Crippen LogP contribution in [-0.4, -0.2) is 25.9 Å². The Balaban J connectivity index is 1.96. The minimum atomic E-state index is -0.683. The molecule has 0 saturated carbocycles. The molecule has 0 radical (unpaired) electrons. The van der Waals surface area contributed by atoms with Crippen LogP contribution >= 0.6 is 0 Å². The molecule has 2 atom stereocenters. The van der Waals surface area contributed by atoms with Crippen LogP contribution in [0.25, 0.3) is 0 Å². The first-order valence-corrected chi connectivity index (χ1v) is 4.80. The van der Waals surface area contributed by atoms with Gasteiger partial charge in [-0.3, -0.25) is 0 Å². The minimum Gasteiger partial charge on any atom is -0.497 e. The topological polar surface area (TPSA) is 21.3 Å². The van der Waals surface area contributed by atoms with Crippen molar-refractivity contribution in [2.24, 2.45) is 0 Å². The fraction of sp³-hybridized carbons (Fsp3) is 0.455. The lowest BCUT2D eigenvalue weighted by molar-refractivity contribution is 0.158. The summed E-state index contributed by atoms with van der Waals surface area (Å²) in [4.78, 5) is 0. The highest BCUT2D eigenvalue weighted by molar-refractivity contribution is 5.28. The molecule has 1 aliphatic rings. The minimum absolute atomic E-state index is 0.00314. The number of methoxy groups -OCH3 is 1. The average Bonchev–Trinajstić information content (AvgIpc) is 2.24. The Bertz CT molecular complexity index is 299. The summed E-state index contributed by atoms with van der Waals surface area (Å²) in [6.07, 6.45) is 0.0719. The van der Waals surface area contributed by atoms with Gasteiger partial charge in [0.25, 0.3) is 0 Å². The predicted molar refractivity (Wildman–Crippen MR) is 53.4 cm³/mol. The predicted octanol–water partition coefficient (Wildman–Crippen LogP) is 1.55. The Kier molecular flexibility index (Phi) is 2.68. The van der Waals surface area contributed by atoms with Crippen molar-refractivity contribution in [2.75, 3.05) is 13.7 Å². The molecule has 2 nitrogen and oxygen atoms in total. The molecule has 1 aromatic carbocycles. The lowest BCUT2D eigenvalue weighted by Gasteiger charge is -2.32. The Hall–Kier alpha value is -1.09. The molecule has 1 heterocycles. The van der Waals surface area contributed by atoms with E-state index in [1.807, 2.05) is 24.3 Å². The molecule has 0 aliphatic carbocycles. The summed E-state index contributed by atoms with van der Waals surface area (Å²) in [6, 6.07) is 7.77. The van der Waals surface area contributed by atoms with Crippen LogP contribution < -0.4 is 10.1 Å². The van der Waals surface area contributed by atoms with Crippen LogP contribution in [0.15, 0.2) is 24.3 Å². The molecule has 0 spiro atoms. The van der Waals surface area contributed by atoms with E-state index in [2.05, 4.69) is 5.32 Å². The molecule has 1 saturated heterocycles. The van der Waals surface area contributed by atoms with Gasteiger partial charge in [-0.15, -0.1) is 0 Å². The number of ether oxygens (including phenoxy) is 1. The molecule has 3 heteroatoms. The van der Waals surface area contributed by atoms with Gasteiger partial charge in [0.05, 0.1) is 7.11 Å². The number of hydrogen-bond acceptors (Lipinski definition) is 2. The number of alkyl halides is 1. The third-order valence-electron chi connectivity index (χ3n) is 2.63. The van der Waals surface area contributed by atoms with Gasteiger partial charge in [-0.25, -0.2) is 4.39 Å². The van der Waals surface area contributed by atoms with Crippen molar-refractivity contribution in [3.63, 3.8) is 0 Å². The summed E-state index contributed by atoms with van der Waals surface area (Å²) in [6.45, 7) is 0.501. The number of rotatable bonds is 3. The second kappa shape index (κ2) is 3.96. The van der Waals surface area contributed by atoms with Gasteiger partial charge in [-0.2, -0.15) is 0 Å².